The van der Waals surface area contributed by atoms with Gasteiger partial charge in [0.25, 0.3) is 0 Å². The second kappa shape index (κ2) is 5.19. The van der Waals surface area contributed by atoms with Crippen LogP contribution < -0.4 is 5.32 Å². The Bertz CT molecular complexity index is 487. The Morgan fingerprint density at radius 3 is 2.65 bits per heavy atom. The molecule has 0 bridgehead atoms. The van der Waals surface area contributed by atoms with Crippen molar-refractivity contribution < 1.29 is 4.42 Å². The van der Waals surface area contributed by atoms with E-state index in [2.05, 4.69) is 49.5 Å². The molecule has 2 heteroatoms. The van der Waals surface area contributed by atoms with E-state index in [-0.39, 0.29) is 6.04 Å². The first kappa shape index (κ1) is 11.9. The molecule has 1 N–H and O–H groups in total. The van der Waals surface area contributed by atoms with Gasteiger partial charge in [0.15, 0.2) is 0 Å². The van der Waals surface area contributed by atoms with Gasteiger partial charge in [-0.1, -0.05) is 31.2 Å². The van der Waals surface area contributed by atoms with Crippen molar-refractivity contribution in [2.24, 2.45) is 0 Å². The molecule has 2 rings (SSSR count). The van der Waals surface area contributed by atoms with Gasteiger partial charge < -0.3 is 9.73 Å². The lowest BCUT2D eigenvalue weighted by atomic mass is 10.0. The summed E-state index contributed by atoms with van der Waals surface area (Å²) in [5.41, 5.74) is 2.52. The summed E-state index contributed by atoms with van der Waals surface area (Å²) in [4.78, 5) is 0. The number of nitrogens with one attached hydrogen (secondary N) is 1. The molecular weight excluding hydrogens is 210 g/mol. The highest BCUT2D eigenvalue weighted by Crippen LogP contribution is 2.28. The number of hydrogen-bond acceptors (Lipinski definition) is 2. The molecular formula is C15H19NO. The van der Waals surface area contributed by atoms with Gasteiger partial charge in [0, 0.05) is 5.56 Å². The van der Waals surface area contributed by atoms with Crippen molar-refractivity contribution in [2.75, 3.05) is 7.05 Å². The first-order valence-electron chi connectivity index (χ1n) is 6.11. The molecule has 0 radical (unpaired) electrons. The number of rotatable bonds is 4. The Kier molecular flexibility index (Phi) is 3.64. The van der Waals surface area contributed by atoms with Crippen LogP contribution in [-0.2, 0) is 6.42 Å². The molecule has 0 aliphatic heterocycles. The lowest BCUT2D eigenvalue weighted by Gasteiger charge is -2.07. The third-order valence-electron chi connectivity index (χ3n) is 3.15. The first-order valence-corrected chi connectivity index (χ1v) is 6.11. The summed E-state index contributed by atoms with van der Waals surface area (Å²) in [6, 6.07) is 12.7. The fraction of sp³-hybridized carbons (Fsp3) is 0.333. The molecule has 0 aliphatic carbocycles. The van der Waals surface area contributed by atoms with Crippen molar-refractivity contribution >= 4 is 0 Å². The molecule has 0 fully saturated rings. The molecule has 1 atom stereocenters. The van der Waals surface area contributed by atoms with Gasteiger partial charge in [-0.05, 0) is 38.1 Å². The van der Waals surface area contributed by atoms with Gasteiger partial charge in [0.1, 0.15) is 11.5 Å². The van der Waals surface area contributed by atoms with Gasteiger partial charge in [-0.3, -0.25) is 0 Å². The molecule has 1 heterocycles. The third-order valence-corrected chi connectivity index (χ3v) is 3.15. The van der Waals surface area contributed by atoms with Crippen molar-refractivity contribution in [2.45, 2.75) is 26.3 Å². The maximum absolute atomic E-state index is 5.90. The molecule has 1 unspecified atom stereocenters. The lowest BCUT2D eigenvalue weighted by Crippen LogP contribution is -2.11. The predicted molar refractivity (Wildman–Crippen MR) is 71.0 cm³/mol. The van der Waals surface area contributed by atoms with Gasteiger partial charge in [-0.2, -0.15) is 0 Å². The molecule has 0 spiro atoms. The van der Waals surface area contributed by atoms with Gasteiger partial charge >= 0.3 is 0 Å². The zero-order valence-electron chi connectivity index (χ0n) is 10.7. The van der Waals surface area contributed by atoms with Gasteiger partial charge in [0.2, 0.25) is 0 Å². The largest absolute Gasteiger partial charge is 0.459 e. The summed E-state index contributed by atoms with van der Waals surface area (Å²) in [6.07, 6.45) is 1.02. The van der Waals surface area contributed by atoms with E-state index in [1.165, 1.54) is 11.1 Å². The lowest BCUT2D eigenvalue weighted by molar-refractivity contribution is 0.458. The summed E-state index contributed by atoms with van der Waals surface area (Å²) < 4.78 is 5.90. The van der Waals surface area contributed by atoms with Crippen molar-refractivity contribution in [1.82, 2.24) is 5.32 Å². The average molecular weight is 229 g/mol. The topological polar surface area (TPSA) is 25.2 Å². The predicted octanol–water partition coefficient (Wildman–Crippen LogP) is 3.79. The molecule has 0 saturated carbocycles. The van der Waals surface area contributed by atoms with Crippen LogP contribution in [0, 0.1) is 0 Å². The SMILES string of the molecule is CCc1ccccc1-c1ccc(C(C)NC)o1. The van der Waals surface area contributed by atoms with E-state index >= 15 is 0 Å². The quantitative estimate of drug-likeness (QED) is 0.863. The molecule has 0 saturated heterocycles. The summed E-state index contributed by atoms with van der Waals surface area (Å²) in [7, 11) is 1.94. The smallest absolute Gasteiger partial charge is 0.134 e. The highest BCUT2D eigenvalue weighted by molar-refractivity contribution is 5.62. The number of hydrogen-bond donors (Lipinski definition) is 1. The number of benzene rings is 1. The van der Waals surface area contributed by atoms with E-state index in [0.29, 0.717) is 0 Å². The Morgan fingerprint density at radius 1 is 1.18 bits per heavy atom. The summed E-state index contributed by atoms with van der Waals surface area (Å²) in [5, 5.41) is 3.18. The average Bonchev–Trinajstić information content (AvgIpc) is 2.87. The fourth-order valence-electron chi connectivity index (χ4n) is 1.94. The standard InChI is InChI=1S/C15H19NO/c1-4-12-7-5-6-8-13(12)15-10-9-14(17-15)11(2)16-3/h5-11,16H,4H2,1-3H3. The second-order valence-electron chi connectivity index (χ2n) is 4.22. The van der Waals surface area contributed by atoms with Crippen LogP contribution in [0.3, 0.4) is 0 Å². The molecule has 2 nitrogen and oxygen atoms in total. The minimum absolute atomic E-state index is 0.248. The Hall–Kier alpha value is -1.54. The van der Waals surface area contributed by atoms with Crippen LogP contribution in [0.2, 0.25) is 0 Å². The normalized spacial score (nSPS) is 12.6. The van der Waals surface area contributed by atoms with E-state index in [4.69, 9.17) is 4.42 Å². The minimum Gasteiger partial charge on any atom is -0.459 e. The molecule has 0 aliphatic rings. The molecule has 1 aromatic heterocycles. The van der Waals surface area contributed by atoms with E-state index in [1.807, 2.05) is 13.1 Å². The summed E-state index contributed by atoms with van der Waals surface area (Å²) in [6.45, 7) is 4.26. The third kappa shape index (κ3) is 2.42. The van der Waals surface area contributed by atoms with E-state index in [1.54, 1.807) is 0 Å². The fourth-order valence-corrected chi connectivity index (χ4v) is 1.94. The second-order valence-corrected chi connectivity index (χ2v) is 4.22. The minimum atomic E-state index is 0.248. The zero-order valence-corrected chi connectivity index (χ0v) is 10.7. The van der Waals surface area contributed by atoms with Crippen LogP contribution in [-0.4, -0.2) is 7.05 Å². The summed E-state index contributed by atoms with van der Waals surface area (Å²) in [5.74, 6) is 1.94. The van der Waals surface area contributed by atoms with Gasteiger partial charge in [-0.25, -0.2) is 0 Å². The van der Waals surface area contributed by atoms with Crippen molar-refractivity contribution in [1.29, 1.82) is 0 Å². The van der Waals surface area contributed by atoms with Crippen molar-refractivity contribution in [3.63, 3.8) is 0 Å². The first-order chi connectivity index (χ1) is 8.26. The van der Waals surface area contributed by atoms with E-state index in [0.717, 1.165) is 17.9 Å². The van der Waals surface area contributed by atoms with Crippen LogP contribution in [0.4, 0.5) is 0 Å². The van der Waals surface area contributed by atoms with Gasteiger partial charge in [0.05, 0.1) is 6.04 Å². The van der Waals surface area contributed by atoms with Crippen molar-refractivity contribution in [3.8, 4) is 11.3 Å². The van der Waals surface area contributed by atoms with Crippen LogP contribution in [0.25, 0.3) is 11.3 Å². The van der Waals surface area contributed by atoms with Crippen LogP contribution in [0.1, 0.15) is 31.2 Å². The monoisotopic (exact) mass is 229 g/mol. The Balaban J connectivity index is 2.37. The Morgan fingerprint density at radius 2 is 1.94 bits per heavy atom. The van der Waals surface area contributed by atoms with Crippen molar-refractivity contribution in [3.05, 3.63) is 47.7 Å². The van der Waals surface area contributed by atoms with Crippen LogP contribution >= 0.6 is 0 Å². The van der Waals surface area contributed by atoms with E-state index in [9.17, 15) is 0 Å². The maximum Gasteiger partial charge on any atom is 0.134 e. The highest BCUT2D eigenvalue weighted by Gasteiger charge is 2.11. The molecule has 17 heavy (non-hydrogen) atoms. The summed E-state index contributed by atoms with van der Waals surface area (Å²) >= 11 is 0. The molecule has 0 amide bonds. The van der Waals surface area contributed by atoms with E-state index < -0.39 is 0 Å². The maximum atomic E-state index is 5.90. The molecule has 90 valence electrons. The Labute approximate surface area is 103 Å². The zero-order chi connectivity index (χ0) is 12.3. The number of aryl methyl sites for hydroxylation is 1. The number of furan rings is 1. The molecule has 1 aromatic carbocycles. The van der Waals surface area contributed by atoms with Crippen LogP contribution in [0.15, 0.2) is 40.8 Å². The van der Waals surface area contributed by atoms with Gasteiger partial charge in [-0.15, -0.1) is 0 Å². The molecule has 2 aromatic rings. The van der Waals surface area contributed by atoms with Crippen LogP contribution in [0.5, 0.6) is 0 Å². The highest BCUT2D eigenvalue weighted by atomic mass is 16.3.